The highest BCUT2D eigenvalue weighted by Gasteiger charge is 2.35. The van der Waals surface area contributed by atoms with E-state index in [1.54, 1.807) is 44.2 Å². The number of alkyl halides is 1. The molecule has 0 aromatic heterocycles. The molecule has 0 unspecified atom stereocenters. The molecular formula is C31H43FN4O12. The summed E-state index contributed by atoms with van der Waals surface area (Å²) in [5.41, 5.74) is 0.695. The third kappa shape index (κ3) is 14.7. The molecule has 48 heavy (non-hydrogen) atoms. The number of rotatable bonds is 21. The SMILES string of the molecule is CC[C@H](C)[C@H](NC(=O)OCc1ccccc1)C(=O)N[C@@H](CCC(=O)OC)C(=O)N[C@H](C(=O)N[C@@H](CC(=O)O)C(=O)CC(=O)CF)[C@@H](C)O. The Bertz CT molecular complexity index is 1290. The van der Waals surface area contributed by atoms with E-state index >= 15 is 0 Å². The van der Waals surface area contributed by atoms with Gasteiger partial charge in [0.2, 0.25) is 17.7 Å². The number of methoxy groups -OCH3 is 1. The zero-order chi connectivity index (χ0) is 36.4. The van der Waals surface area contributed by atoms with Crippen LogP contribution in [0.15, 0.2) is 30.3 Å². The maximum absolute atomic E-state index is 13.4. The molecule has 0 aliphatic rings. The minimum atomic E-state index is -1.83. The number of aliphatic carboxylic acids is 1. The van der Waals surface area contributed by atoms with Crippen LogP contribution >= 0.6 is 0 Å². The third-order valence-electron chi connectivity index (χ3n) is 7.15. The summed E-state index contributed by atoms with van der Waals surface area (Å²) in [4.78, 5) is 99.4. The van der Waals surface area contributed by atoms with Gasteiger partial charge in [0.25, 0.3) is 0 Å². The second-order valence-electron chi connectivity index (χ2n) is 10.9. The number of hydrogen-bond acceptors (Lipinski definition) is 11. The van der Waals surface area contributed by atoms with Crippen molar-refractivity contribution in [2.75, 3.05) is 13.8 Å². The number of carboxylic acids is 1. The van der Waals surface area contributed by atoms with Crippen LogP contribution in [0.4, 0.5) is 9.18 Å². The first-order valence-electron chi connectivity index (χ1n) is 15.1. The summed E-state index contributed by atoms with van der Waals surface area (Å²) in [7, 11) is 1.10. The Labute approximate surface area is 276 Å². The molecule has 1 rings (SSSR count). The van der Waals surface area contributed by atoms with Crippen molar-refractivity contribution in [1.82, 2.24) is 21.3 Å². The fourth-order valence-corrected chi connectivity index (χ4v) is 4.19. The number of benzene rings is 1. The Balaban J connectivity index is 3.17. The number of carbonyl (C=O) groups is 8. The van der Waals surface area contributed by atoms with E-state index in [0.717, 1.165) is 14.0 Å². The molecule has 0 spiro atoms. The molecule has 16 nitrogen and oxygen atoms in total. The van der Waals surface area contributed by atoms with Gasteiger partial charge in [-0.2, -0.15) is 0 Å². The van der Waals surface area contributed by atoms with Gasteiger partial charge < -0.3 is 41.0 Å². The van der Waals surface area contributed by atoms with Crippen LogP contribution in [0.5, 0.6) is 0 Å². The topological polar surface area (TPSA) is 244 Å². The van der Waals surface area contributed by atoms with Gasteiger partial charge in [-0.15, -0.1) is 0 Å². The van der Waals surface area contributed by atoms with Crippen LogP contribution in [-0.4, -0.2) is 102 Å². The number of halogens is 1. The number of carboxylic acid groups (broad SMARTS) is 1. The Hall–Kier alpha value is -4.93. The van der Waals surface area contributed by atoms with E-state index in [1.165, 1.54) is 0 Å². The van der Waals surface area contributed by atoms with E-state index in [1.807, 2.05) is 5.32 Å². The van der Waals surface area contributed by atoms with E-state index in [-0.39, 0.29) is 19.4 Å². The smallest absolute Gasteiger partial charge is 0.408 e. The van der Waals surface area contributed by atoms with Gasteiger partial charge in [-0.05, 0) is 24.8 Å². The molecule has 0 aliphatic carbocycles. The van der Waals surface area contributed by atoms with Gasteiger partial charge >= 0.3 is 18.0 Å². The minimum absolute atomic E-state index is 0.0838. The minimum Gasteiger partial charge on any atom is -0.481 e. The third-order valence-corrected chi connectivity index (χ3v) is 7.15. The molecule has 0 bridgehead atoms. The number of ketones is 2. The van der Waals surface area contributed by atoms with Crippen molar-refractivity contribution in [3.63, 3.8) is 0 Å². The van der Waals surface area contributed by atoms with Gasteiger partial charge in [-0.3, -0.25) is 33.6 Å². The fourth-order valence-electron chi connectivity index (χ4n) is 4.19. The van der Waals surface area contributed by atoms with Gasteiger partial charge in [0, 0.05) is 6.42 Å². The predicted octanol–water partition coefficient (Wildman–Crippen LogP) is 0.0884. The van der Waals surface area contributed by atoms with Crippen molar-refractivity contribution < 1.29 is 62.4 Å². The van der Waals surface area contributed by atoms with Crippen molar-refractivity contribution in [3.05, 3.63) is 35.9 Å². The lowest BCUT2D eigenvalue weighted by atomic mass is 9.97. The van der Waals surface area contributed by atoms with Crippen molar-refractivity contribution in [2.24, 2.45) is 5.92 Å². The first-order chi connectivity index (χ1) is 22.6. The zero-order valence-electron chi connectivity index (χ0n) is 27.2. The molecule has 6 atom stereocenters. The number of Topliss-reactive ketones (excluding diaryl/α,β-unsaturated/α-hetero) is 2. The molecule has 1 aromatic carbocycles. The van der Waals surface area contributed by atoms with Crippen LogP contribution in [0, 0.1) is 5.92 Å². The fraction of sp³-hybridized carbons (Fsp3) is 0.548. The maximum Gasteiger partial charge on any atom is 0.408 e. The van der Waals surface area contributed by atoms with E-state index in [2.05, 4.69) is 20.7 Å². The van der Waals surface area contributed by atoms with Crippen molar-refractivity contribution in [3.8, 4) is 0 Å². The average molecular weight is 683 g/mol. The lowest BCUT2D eigenvalue weighted by Crippen LogP contribution is -2.60. The number of amides is 4. The number of aliphatic hydroxyl groups is 1. The molecule has 4 amide bonds. The summed E-state index contributed by atoms with van der Waals surface area (Å²) in [6, 6.07) is 2.38. The molecule has 266 valence electrons. The second kappa shape index (κ2) is 21.0. The van der Waals surface area contributed by atoms with Gasteiger partial charge in [-0.25, -0.2) is 9.18 Å². The number of nitrogens with one attached hydrogen (secondary N) is 4. The molecular weight excluding hydrogens is 639 g/mol. The molecule has 17 heteroatoms. The number of alkyl carbamates (subject to hydrolysis) is 1. The molecule has 0 radical (unpaired) electrons. The van der Waals surface area contributed by atoms with Crippen molar-refractivity contribution >= 4 is 47.3 Å². The van der Waals surface area contributed by atoms with Crippen LogP contribution in [0.1, 0.15) is 58.4 Å². The molecule has 1 aromatic rings. The summed E-state index contributed by atoms with van der Waals surface area (Å²) in [6.45, 7) is 2.93. The van der Waals surface area contributed by atoms with Gasteiger partial charge in [0.15, 0.2) is 11.6 Å². The van der Waals surface area contributed by atoms with E-state index in [4.69, 9.17) is 9.84 Å². The lowest BCUT2D eigenvalue weighted by Gasteiger charge is -2.28. The number of esters is 1. The zero-order valence-corrected chi connectivity index (χ0v) is 27.2. The summed E-state index contributed by atoms with van der Waals surface area (Å²) >= 11 is 0. The molecule has 0 heterocycles. The lowest BCUT2D eigenvalue weighted by molar-refractivity contribution is -0.143. The highest BCUT2D eigenvalue weighted by Crippen LogP contribution is 2.11. The Morgan fingerprint density at radius 2 is 1.46 bits per heavy atom. The van der Waals surface area contributed by atoms with Crippen LogP contribution in [0.2, 0.25) is 0 Å². The quantitative estimate of drug-likeness (QED) is 0.0747. The van der Waals surface area contributed by atoms with Crippen LogP contribution in [-0.2, 0) is 49.6 Å². The predicted molar refractivity (Wildman–Crippen MR) is 165 cm³/mol. The largest absolute Gasteiger partial charge is 0.481 e. The normalized spacial score (nSPS) is 14.5. The maximum atomic E-state index is 13.4. The van der Waals surface area contributed by atoms with Gasteiger partial charge in [-0.1, -0.05) is 50.6 Å². The summed E-state index contributed by atoms with van der Waals surface area (Å²) in [5, 5.41) is 28.6. The standard InChI is InChI=1S/C31H43FN4O12/c1-5-17(2)26(36-31(46)48-16-19-9-7-6-8-10-19)29(44)33-21(11-12-25(42)47-4)28(43)35-27(18(3)37)30(45)34-22(14-24(40)41)23(39)13-20(38)15-32/h6-10,17-18,21-22,26-27,37H,5,11-16H2,1-4H3,(H,33,44)(H,34,45)(H,35,43)(H,36,46)(H,40,41)/t17-,18+,21-,22-,26-,27-/m0/s1. The summed E-state index contributed by atoms with van der Waals surface area (Å²) in [6.07, 6.45) is -4.87. The average Bonchev–Trinajstić information content (AvgIpc) is 3.05. The van der Waals surface area contributed by atoms with E-state index in [0.29, 0.717) is 12.0 Å². The molecule has 0 aliphatic heterocycles. The Morgan fingerprint density at radius 1 is 0.854 bits per heavy atom. The highest BCUT2D eigenvalue weighted by molar-refractivity contribution is 6.04. The second-order valence-corrected chi connectivity index (χ2v) is 10.9. The number of ether oxygens (including phenoxy) is 2. The van der Waals surface area contributed by atoms with E-state index in [9.17, 15) is 47.9 Å². The molecule has 0 saturated carbocycles. The van der Waals surface area contributed by atoms with Crippen LogP contribution in [0.25, 0.3) is 0 Å². The number of hydrogen-bond donors (Lipinski definition) is 6. The molecule has 0 fully saturated rings. The highest BCUT2D eigenvalue weighted by atomic mass is 19.1. The van der Waals surface area contributed by atoms with Crippen molar-refractivity contribution in [1.29, 1.82) is 0 Å². The molecule has 6 N–H and O–H groups in total. The first-order valence-corrected chi connectivity index (χ1v) is 15.1. The Morgan fingerprint density at radius 3 is 2.00 bits per heavy atom. The molecule has 0 saturated heterocycles. The summed E-state index contributed by atoms with van der Waals surface area (Å²) in [5.74, 6) is -8.16. The van der Waals surface area contributed by atoms with Gasteiger partial charge in [0.05, 0.1) is 32.1 Å². The number of aliphatic hydroxyl groups excluding tert-OH is 1. The number of carbonyl (C=O) groups excluding carboxylic acids is 7. The van der Waals surface area contributed by atoms with E-state index < -0.39 is 103 Å². The monoisotopic (exact) mass is 682 g/mol. The Kier molecular flexibility index (Phi) is 18.0. The van der Waals surface area contributed by atoms with Crippen LogP contribution in [0.3, 0.4) is 0 Å². The van der Waals surface area contributed by atoms with Gasteiger partial charge in [0.1, 0.15) is 31.4 Å². The van der Waals surface area contributed by atoms with Crippen molar-refractivity contribution in [2.45, 2.75) is 89.8 Å². The summed E-state index contributed by atoms with van der Waals surface area (Å²) < 4.78 is 22.4. The van der Waals surface area contributed by atoms with Crippen LogP contribution < -0.4 is 21.3 Å². The first kappa shape index (κ1) is 41.1.